The lowest BCUT2D eigenvalue weighted by Gasteiger charge is -2.33. The molecular weight excluding hydrogens is 204 g/mol. The highest BCUT2D eigenvalue weighted by atomic mass is 16.5. The molecule has 1 rings (SSSR count). The van der Waals surface area contributed by atoms with Gasteiger partial charge in [0.15, 0.2) is 0 Å². The third kappa shape index (κ3) is 4.37. The fourth-order valence-corrected chi connectivity index (χ4v) is 1.87. The smallest absolute Gasteiger partial charge is 0.0693 e. The van der Waals surface area contributed by atoms with E-state index < -0.39 is 0 Å². The van der Waals surface area contributed by atoms with Crippen LogP contribution in [0.5, 0.6) is 0 Å². The third-order valence-corrected chi connectivity index (χ3v) is 3.48. The molecule has 3 unspecified atom stereocenters. The minimum absolute atomic E-state index is 0.261. The number of hydrogen-bond acceptors (Lipinski definition) is 4. The van der Waals surface area contributed by atoms with Crippen LogP contribution in [0.15, 0.2) is 0 Å². The molecule has 0 aromatic rings. The molecule has 1 N–H and O–H groups in total. The van der Waals surface area contributed by atoms with Crippen molar-refractivity contribution in [3.63, 3.8) is 0 Å². The zero-order valence-corrected chi connectivity index (χ0v) is 11.0. The van der Waals surface area contributed by atoms with Gasteiger partial charge in [0.1, 0.15) is 0 Å². The van der Waals surface area contributed by atoms with E-state index in [0.717, 1.165) is 32.8 Å². The van der Waals surface area contributed by atoms with Gasteiger partial charge >= 0.3 is 0 Å². The van der Waals surface area contributed by atoms with Gasteiger partial charge in [0, 0.05) is 38.8 Å². The van der Waals surface area contributed by atoms with Crippen LogP contribution >= 0.6 is 0 Å². The molecule has 0 aromatic heterocycles. The summed E-state index contributed by atoms with van der Waals surface area (Å²) in [4.78, 5) is 2.47. The molecule has 0 amide bonds. The van der Waals surface area contributed by atoms with Crippen molar-refractivity contribution in [2.24, 2.45) is 0 Å². The summed E-state index contributed by atoms with van der Waals surface area (Å²) in [7, 11) is 1.76. The lowest BCUT2D eigenvalue weighted by Crippen LogP contribution is -2.49. The first kappa shape index (κ1) is 13.9. The predicted molar refractivity (Wildman–Crippen MR) is 65.8 cm³/mol. The van der Waals surface area contributed by atoms with Crippen LogP contribution in [0.1, 0.15) is 20.8 Å². The molecule has 0 spiro atoms. The fourth-order valence-electron chi connectivity index (χ4n) is 1.87. The minimum atomic E-state index is 0.261. The number of methoxy groups -OCH3 is 1. The first-order valence-corrected chi connectivity index (χ1v) is 6.23. The van der Waals surface area contributed by atoms with E-state index >= 15 is 0 Å². The summed E-state index contributed by atoms with van der Waals surface area (Å²) in [5, 5.41) is 3.52. The van der Waals surface area contributed by atoms with Crippen LogP contribution in [0.25, 0.3) is 0 Å². The van der Waals surface area contributed by atoms with Gasteiger partial charge in [-0.25, -0.2) is 0 Å². The van der Waals surface area contributed by atoms with Crippen LogP contribution < -0.4 is 5.32 Å². The zero-order chi connectivity index (χ0) is 12.0. The van der Waals surface area contributed by atoms with Crippen molar-refractivity contribution in [3.05, 3.63) is 0 Å². The highest BCUT2D eigenvalue weighted by molar-refractivity contribution is 4.75. The minimum Gasteiger partial charge on any atom is -0.380 e. The van der Waals surface area contributed by atoms with Crippen LogP contribution in [-0.2, 0) is 9.47 Å². The molecule has 3 atom stereocenters. The Morgan fingerprint density at radius 2 is 1.88 bits per heavy atom. The number of nitrogens with one attached hydrogen (secondary N) is 1. The summed E-state index contributed by atoms with van der Waals surface area (Å²) in [6.45, 7) is 11.4. The van der Waals surface area contributed by atoms with Crippen molar-refractivity contribution in [1.82, 2.24) is 10.2 Å². The second-order valence-electron chi connectivity index (χ2n) is 4.64. The maximum atomic E-state index is 5.35. The molecule has 0 saturated carbocycles. The molecule has 16 heavy (non-hydrogen) atoms. The molecule has 0 aromatic carbocycles. The highest BCUT2D eigenvalue weighted by Gasteiger charge is 2.18. The van der Waals surface area contributed by atoms with Crippen molar-refractivity contribution in [1.29, 1.82) is 0 Å². The summed E-state index contributed by atoms with van der Waals surface area (Å²) in [5.74, 6) is 0. The number of nitrogens with zero attached hydrogens (tertiary/aromatic N) is 1. The van der Waals surface area contributed by atoms with Gasteiger partial charge in [0.25, 0.3) is 0 Å². The normalized spacial score (nSPS) is 24.0. The van der Waals surface area contributed by atoms with E-state index in [0.29, 0.717) is 12.1 Å². The van der Waals surface area contributed by atoms with Crippen molar-refractivity contribution in [3.8, 4) is 0 Å². The van der Waals surface area contributed by atoms with Crippen LogP contribution in [0, 0.1) is 0 Å². The quantitative estimate of drug-likeness (QED) is 0.729. The van der Waals surface area contributed by atoms with E-state index in [2.05, 4.69) is 31.0 Å². The van der Waals surface area contributed by atoms with E-state index in [1.54, 1.807) is 7.11 Å². The molecule has 0 bridgehead atoms. The topological polar surface area (TPSA) is 33.7 Å². The third-order valence-electron chi connectivity index (χ3n) is 3.48. The Balaban J connectivity index is 2.20. The molecular formula is C12H26N2O2. The van der Waals surface area contributed by atoms with Gasteiger partial charge in [-0.15, -0.1) is 0 Å². The monoisotopic (exact) mass is 230 g/mol. The maximum Gasteiger partial charge on any atom is 0.0693 e. The Morgan fingerprint density at radius 3 is 2.44 bits per heavy atom. The lowest BCUT2D eigenvalue weighted by atomic mass is 10.2. The zero-order valence-electron chi connectivity index (χ0n) is 11.0. The standard InChI is InChI=1S/C12H26N2O2/c1-10(14-5-7-16-8-6-14)9-13-11(2)12(3)15-4/h10-13H,5-9H2,1-4H3. The van der Waals surface area contributed by atoms with E-state index in [-0.39, 0.29) is 6.10 Å². The molecule has 4 nitrogen and oxygen atoms in total. The van der Waals surface area contributed by atoms with Crippen LogP contribution in [0.4, 0.5) is 0 Å². The average Bonchev–Trinajstić information content (AvgIpc) is 2.35. The SMILES string of the molecule is COC(C)C(C)NCC(C)N1CCOCC1. The molecule has 0 aliphatic carbocycles. The second-order valence-corrected chi connectivity index (χ2v) is 4.64. The van der Waals surface area contributed by atoms with Gasteiger partial charge in [-0.05, 0) is 20.8 Å². The number of hydrogen-bond donors (Lipinski definition) is 1. The van der Waals surface area contributed by atoms with Crippen molar-refractivity contribution in [2.75, 3.05) is 40.0 Å². The molecule has 1 aliphatic rings. The molecule has 4 heteroatoms. The summed E-state index contributed by atoms with van der Waals surface area (Å²) in [6, 6.07) is 0.962. The Morgan fingerprint density at radius 1 is 1.25 bits per heavy atom. The highest BCUT2D eigenvalue weighted by Crippen LogP contribution is 2.03. The van der Waals surface area contributed by atoms with Crippen molar-refractivity contribution in [2.45, 2.75) is 39.0 Å². The van der Waals surface area contributed by atoms with Gasteiger partial charge in [0.05, 0.1) is 19.3 Å². The first-order valence-electron chi connectivity index (χ1n) is 6.23. The van der Waals surface area contributed by atoms with Gasteiger partial charge < -0.3 is 14.8 Å². The molecule has 1 saturated heterocycles. The molecule has 1 aliphatic heterocycles. The van der Waals surface area contributed by atoms with Crippen molar-refractivity contribution >= 4 is 0 Å². The summed E-state index contributed by atoms with van der Waals surface area (Å²) >= 11 is 0. The molecule has 0 radical (unpaired) electrons. The summed E-state index contributed by atoms with van der Waals surface area (Å²) in [5.41, 5.74) is 0. The maximum absolute atomic E-state index is 5.35. The second kappa shape index (κ2) is 7.22. The van der Waals surface area contributed by atoms with E-state index in [1.165, 1.54) is 0 Å². The van der Waals surface area contributed by atoms with Crippen LogP contribution in [0.3, 0.4) is 0 Å². The Bertz CT molecular complexity index is 184. The van der Waals surface area contributed by atoms with Gasteiger partial charge in [-0.2, -0.15) is 0 Å². The summed E-state index contributed by atoms with van der Waals surface area (Å²) < 4.78 is 10.6. The van der Waals surface area contributed by atoms with Gasteiger partial charge in [0.2, 0.25) is 0 Å². The summed E-state index contributed by atoms with van der Waals surface area (Å²) in [6.07, 6.45) is 0.261. The molecule has 1 heterocycles. The lowest BCUT2D eigenvalue weighted by molar-refractivity contribution is 0.0180. The van der Waals surface area contributed by atoms with E-state index in [1.807, 2.05) is 0 Å². The van der Waals surface area contributed by atoms with Crippen LogP contribution in [0.2, 0.25) is 0 Å². The molecule has 1 fully saturated rings. The van der Waals surface area contributed by atoms with E-state index in [4.69, 9.17) is 9.47 Å². The van der Waals surface area contributed by atoms with Gasteiger partial charge in [-0.1, -0.05) is 0 Å². The van der Waals surface area contributed by atoms with Crippen molar-refractivity contribution < 1.29 is 9.47 Å². The first-order chi connectivity index (χ1) is 7.65. The fraction of sp³-hybridized carbons (Fsp3) is 1.00. The van der Waals surface area contributed by atoms with Crippen LogP contribution in [-0.4, -0.2) is 63.0 Å². The van der Waals surface area contributed by atoms with E-state index in [9.17, 15) is 0 Å². The Labute approximate surface area is 99.3 Å². The van der Waals surface area contributed by atoms with Gasteiger partial charge in [-0.3, -0.25) is 4.90 Å². The largest absolute Gasteiger partial charge is 0.380 e. The Hall–Kier alpha value is -0.160. The predicted octanol–water partition coefficient (Wildman–Crippen LogP) is 0.720. The average molecular weight is 230 g/mol. The number of morpholine rings is 1. The Kier molecular flexibility index (Phi) is 6.28. The molecule has 96 valence electrons. The number of rotatable bonds is 6. The number of ether oxygens (including phenoxy) is 2.